The standard InChI is InChI=1S/C17H17BrClNOS/c1-11(10-12-2-4-13(19)5-3-12)20(14-6-7-14)17(21)15-8-9-22-16(15)18/h2-5,8-9,11,14H,6-7,10H2,1H3. The van der Waals surface area contributed by atoms with Crippen LogP contribution in [-0.2, 0) is 6.42 Å². The van der Waals surface area contributed by atoms with E-state index in [0.717, 1.165) is 33.6 Å². The Morgan fingerprint density at radius 1 is 1.36 bits per heavy atom. The molecule has 1 aliphatic rings. The number of rotatable bonds is 5. The number of nitrogens with zero attached hydrogens (tertiary/aromatic N) is 1. The molecule has 0 saturated heterocycles. The zero-order valence-electron chi connectivity index (χ0n) is 12.3. The maximum atomic E-state index is 12.9. The number of thiophene rings is 1. The van der Waals surface area contributed by atoms with Gasteiger partial charge in [0.2, 0.25) is 0 Å². The summed E-state index contributed by atoms with van der Waals surface area (Å²) in [6.07, 6.45) is 3.07. The summed E-state index contributed by atoms with van der Waals surface area (Å²) in [6, 6.07) is 10.4. The van der Waals surface area contributed by atoms with E-state index in [9.17, 15) is 4.79 Å². The lowest BCUT2D eigenvalue weighted by Gasteiger charge is -2.29. The molecule has 1 heterocycles. The van der Waals surface area contributed by atoms with Gasteiger partial charge in [-0.15, -0.1) is 11.3 Å². The summed E-state index contributed by atoms with van der Waals surface area (Å²) >= 11 is 11.0. The Balaban J connectivity index is 1.77. The van der Waals surface area contributed by atoms with Gasteiger partial charge in [-0.1, -0.05) is 23.7 Å². The van der Waals surface area contributed by atoms with Crippen molar-refractivity contribution in [3.05, 3.63) is 55.6 Å². The van der Waals surface area contributed by atoms with E-state index in [1.54, 1.807) is 11.3 Å². The van der Waals surface area contributed by atoms with Gasteiger partial charge in [0, 0.05) is 17.1 Å². The SMILES string of the molecule is CC(Cc1ccc(Cl)cc1)N(C(=O)c1ccsc1Br)C1CC1. The second-order valence-electron chi connectivity index (χ2n) is 5.73. The first-order valence-electron chi connectivity index (χ1n) is 7.36. The number of amides is 1. The summed E-state index contributed by atoms with van der Waals surface area (Å²) in [5, 5.41) is 2.69. The lowest BCUT2D eigenvalue weighted by atomic mass is 10.0. The van der Waals surface area contributed by atoms with Crippen molar-refractivity contribution in [3.8, 4) is 0 Å². The molecule has 22 heavy (non-hydrogen) atoms. The minimum atomic E-state index is 0.136. The van der Waals surface area contributed by atoms with Gasteiger partial charge >= 0.3 is 0 Å². The van der Waals surface area contributed by atoms with Gasteiger partial charge in [-0.2, -0.15) is 0 Å². The van der Waals surface area contributed by atoms with Crippen LogP contribution in [0.4, 0.5) is 0 Å². The van der Waals surface area contributed by atoms with Crippen molar-refractivity contribution in [1.29, 1.82) is 0 Å². The lowest BCUT2D eigenvalue weighted by molar-refractivity contribution is 0.0675. The molecule has 0 spiro atoms. The fraction of sp³-hybridized carbons (Fsp3) is 0.353. The quantitative estimate of drug-likeness (QED) is 0.660. The number of hydrogen-bond acceptors (Lipinski definition) is 2. The zero-order chi connectivity index (χ0) is 15.7. The molecule has 1 aromatic carbocycles. The second kappa shape index (κ2) is 6.73. The predicted molar refractivity (Wildman–Crippen MR) is 95.8 cm³/mol. The van der Waals surface area contributed by atoms with Crippen LogP contribution in [0.25, 0.3) is 0 Å². The van der Waals surface area contributed by atoms with Crippen molar-refractivity contribution in [2.24, 2.45) is 0 Å². The molecule has 1 atom stereocenters. The average molecular weight is 399 g/mol. The van der Waals surface area contributed by atoms with Gasteiger partial charge in [0.25, 0.3) is 5.91 Å². The topological polar surface area (TPSA) is 20.3 Å². The fourth-order valence-corrected chi connectivity index (χ4v) is 4.08. The van der Waals surface area contributed by atoms with Gasteiger partial charge < -0.3 is 4.90 Å². The largest absolute Gasteiger partial charge is 0.333 e. The van der Waals surface area contributed by atoms with E-state index < -0.39 is 0 Å². The van der Waals surface area contributed by atoms with Gasteiger partial charge in [-0.3, -0.25) is 4.79 Å². The highest BCUT2D eigenvalue weighted by Gasteiger charge is 2.36. The second-order valence-corrected chi connectivity index (χ2v) is 8.40. The van der Waals surface area contributed by atoms with Gasteiger partial charge in [-0.05, 0) is 71.3 Å². The maximum absolute atomic E-state index is 12.9. The summed E-state index contributed by atoms with van der Waals surface area (Å²) in [4.78, 5) is 14.9. The molecule has 0 aliphatic heterocycles. The van der Waals surface area contributed by atoms with Crippen molar-refractivity contribution < 1.29 is 4.79 Å². The summed E-state index contributed by atoms with van der Waals surface area (Å²) in [7, 11) is 0. The summed E-state index contributed by atoms with van der Waals surface area (Å²) < 4.78 is 0.918. The van der Waals surface area contributed by atoms with Crippen molar-refractivity contribution in [2.75, 3.05) is 0 Å². The lowest BCUT2D eigenvalue weighted by Crippen LogP contribution is -2.41. The molecule has 116 valence electrons. The van der Waals surface area contributed by atoms with Gasteiger partial charge in [0.15, 0.2) is 0 Å². The molecule has 1 unspecified atom stereocenters. The number of benzene rings is 1. The Hall–Kier alpha value is -0.840. The van der Waals surface area contributed by atoms with Crippen molar-refractivity contribution in [3.63, 3.8) is 0 Å². The Kier molecular flexibility index (Phi) is 4.91. The van der Waals surface area contributed by atoms with Gasteiger partial charge in [0.1, 0.15) is 0 Å². The highest BCUT2D eigenvalue weighted by Crippen LogP contribution is 2.33. The first-order chi connectivity index (χ1) is 10.6. The average Bonchev–Trinajstić information content (AvgIpc) is 3.22. The minimum Gasteiger partial charge on any atom is -0.333 e. The smallest absolute Gasteiger partial charge is 0.256 e. The molecule has 0 radical (unpaired) electrons. The van der Waals surface area contributed by atoms with Crippen molar-refractivity contribution in [1.82, 2.24) is 4.90 Å². The van der Waals surface area contributed by atoms with Crippen LogP contribution < -0.4 is 0 Å². The Morgan fingerprint density at radius 3 is 2.59 bits per heavy atom. The highest BCUT2D eigenvalue weighted by molar-refractivity contribution is 9.11. The van der Waals surface area contributed by atoms with Crippen LogP contribution in [0.3, 0.4) is 0 Å². The third kappa shape index (κ3) is 3.55. The molecule has 2 aromatic rings. The molecule has 1 fully saturated rings. The van der Waals surface area contributed by atoms with E-state index in [4.69, 9.17) is 11.6 Å². The highest BCUT2D eigenvalue weighted by atomic mass is 79.9. The fourth-order valence-electron chi connectivity index (χ4n) is 2.72. The van der Waals surface area contributed by atoms with Gasteiger partial charge in [-0.25, -0.2) is 0 Å². The van der Waals surface area contributed by atoms with E-state index >= 15 is 0 Å². The zero-order valence-corrected chi connectivity index (χ0v) is 15.4. The van der Waals surface area contributed by atoms with Crippen LogP contribution in [0, 0.1) is 0 Å². The van der Waals surface area contributed by atoms with E-state index in [2.05, 4.69) is 27.8 Å². The number of carbonyl (C=O) groups is 1. The van der Waals surface area contributed by atoms with Crippen LogP contribution in [-0.4, -0.2) is 22.9 Å². The van der Waals surface area contributed by atoms with Crippen LogP contribution in [0.15, 0.2) is 39.5 Å². The molecule has 1 aliphatic carbocycles. The molecule has 3 rings (SSSR count). The third-order valence-electron chi connectivity index (χ3n) is 3.94. The summed E-state index contributed by atoms with van der Waals surface area (Å²) in [5.74, 6) is 0.136. The monoisotopic (exact) mass is 397 g/mol. The first kappa shape index (κ1) is 16.0. The van der Waals surface area contributed by atoms with E-state index in [1.165, 1.54) is 5.56 Å². The summed E-state index contributed by atoms with van der Waals surface area (Å²) in [6.45, 7) is 2.13. The number of carbonyl (C=O) groups excluding carboxylic acids is 1. The molecule has 5 heteroatoms. The minimum absolute atomic E-state index is 0.136. The van der Waals surface area contributed by atoms with E-state index in [0.29, 0.717) is 6.04 Å². The Morgan fingerprint density at radius 2 is 2.05 bits per heavy atom. The van der Waals surface area contributed by atoms with Gasteiger partial charge in [0.05, 0.1) is 9.35 Å². The summed E-state index contributed by atoms with van der Waals surface area (Å²) in [5.41, 5.74) is 1.99. The molecule has 1 saturated carbocycles. The molecule has 0 N–H and O–H groups in total. The van der Waals surface area contributed by atoms with Crippen LogP contribution >= 0.6 is 38.9 Å². The van der Waals surface area contributed by atoms with Crippen molar-refractivity contribution in [2.45, 2.75) is 38.3 Å². The first-order valence-corrected chi connectivity index (χ1v) is 9.41. The Labute approximate surface area is 148 Å². The Bertz CT molecular complexity index is 666. The molecule has 1 aromatic heterocycles. The van der Waals surface area contributed by atoms with Crippen LogP contribution in [0.1, 0.15) is 35.7 Å². The van der Waals surface area contributed by atoms with Crippen molar-refractivity contribution >= 4 is 44.8 Å². The number of halogens is 2. The molecular formula is C17H17BrClNOS. The van der Waals surface area contributed by atoms with Crippen LogP contribution in [0.2, 0.25) is 5.02 Å². The number of hydrogen-bond donors (Lipinski definition) is 0. The molecular weight excluding hydrogens is 382 g/mol. The van der Waals surface area contributed by atoms with Crippen LogP contribution in [0.5, 0.6) is 0 Å². The molecule has 0 bridgehead atoms. The maximum Gasteiger partial charge on any atom is 0.256 e. The predicted octanol–water partition coefficient (Wildman–Crippen LogP) is 5.40. The normalized spacial score (nSPS) is 15.6. The third-order valence-corrected chi connectivity index (χ3v) is 5.88. The van der Waals surface area contributed by atoms with E-state index in [-0.39, 0.29) is 11.9 Å². The molecule has 2 nitrogen and oxygen atoms in total. The molecule has 1 amide bonds. The van der Waals surface area contributed by atoms with E-state index in [1.807, 2.05) is 35.7 Å².